The highest BCUT2D eigenvalue weighted by molar-refractivity contribution is 5.98. The van der Waals surface area contributed by atoms with Crippen molar-refractivity contribution < 1.29 is 19.4 Å². The van der Waals surface area contributed by atoms with Crippen molar-refractivity contribution >= 4 is 11.6 Å². The molecule has 6 nitrogen and oxygen atoms in total. The lowest BCUT2D eigenvalue weighted by atomic mass is 10.0. The Morgan fingerprint density at radius 3 is 2.90 bits per heavy atom. The molecule has 1 atom stereocenters. The zero-order chi connectivity index (χ0) is 15.6. The van der Waals surface area contributed by atoms with Crippen LogP contribution < -0.4 is 10.5 Å². The number of aliphatic hydroxyl groups is 1. The van der Waals surface area contributed by atoms with Gasteiger partial charge in [0.25, 0.3) is 5.91 Å². The minimum Gasteiger partial charge on any atom is -0.494 e. The molecule has 2 rings (SSSR count). The number of nitrogens with zero attached hydrogens (tertiary/aromatic N) is 1. The summed E-state index contributed by atoms with van der Waals surface area (Å²) >= 11 is 0. The molecule has 0 aromatic heterocycles. The van der Waals surface area contributed by atoms with Crippen LogP contribution in [0.15, 0.2) is 18.2 Å². The van der Waals surface area contributed by atoms with E-state index in [0.29, 0.717) is 30.1 Å². The summed E-state index contributed by atoms with van der Waals surface area (Å²) in [5, 5.41) is 9.33. The Bertz CT molecular complexity index is 530. The van der Waals surface area contributed by atoms with E-state index in [1.165, 1.54) is 7.11 Å². The van der Waals surface area contributed by atoms with Crippen LogP contribution in [0.2, 0.25) is 0 Å². The standard InChI is InChI=1S/C15H22N2O4/c1-15(2)9-17(7-10(8-18)21-15)14(19)11-5-4-6-12(16)13(11)20-3/h4-6,10,18H,7-9,16H2,1-3H3. The minimum atomic E-state index is -0.505. The Hall–Kier alpha value is -1.79. The van der Waals surface area contributed by atoms with E-state index in [1.54, 1.807) is 23.1 Å². The molecule has 1 aromatic carbocycles. The average molecular weight is 294 g/mol. The summed E-state index contributed by atoms with van der Waals surface area (Å²) in [6, 6.07) is 5.10. The van der Waals surface area contributed by atoms with Crippen molar-refractivity contribution in [2.75, 3.05) is 32.5 Å². The van der Waals surface area contributed by atoms with Crippen LogP contribution in [0.1, 0.15) is 24.2 Å². The third kappa shape index (κ3) is 3.28. The molecular formula is C15H22N2O4. The van der Waals surface area contributed by atoms with Crippen LogP contribution in [-0.2, 0) is 4.74 Å². The second-order valence-electron chi connectivity index (χ2n) is 5.80. The van der Waals surface area contributed by atoms with Crippen molar-refractivity contribution in [2.24, 2.45) is 0 Å². The summed E-state index contributed by atoms with van der Waals surface area (Å²) in [4.78, 5) is 14.4. The third-order valence-corrected chi connectivity index (χ3v) is 3.45. The number of benzene rings is 1. The molecule has 116 valence electrons. The van der Waals surface area contributed by atoms with E-state index >= 15 is 0 Å². The third-order valence-electron chi connectivity index (χ3n) is 3.45. The minimum absolute atomic E-state index is 0.124. The van der Waals surface area contributed by atoms with Gasteiger partial charge < -0.3 is 25.2 Å². The van der Waals surface area contributed by atoms with Crippen molar-refractivity contribution in [3.63, 3.8) is 0 Å². The van der Waals surface area contributed by atoms with E-state index in [0.717, 1.165) is 0 Å². The first-order valence-electron chi connectivity index (χ1n) is 6.88. The highest BCUT2D eigenvalue weighted by Gasteiger charge is 2.36. The molecule has 1 unspecified atom stereocenters. The van der Waals surface area contributed by atoms with E-state index < -0.39 is 5.60 Å². The predicted molar refractivity (Wildman–Crippen MR) is 79.3 cm³/mol. The Balaban J connectivity index is 2.29. The molecule has 1 aromatic rings. The zero-order valence-electron chi connectivity index (χ0n) is 12.6. The van der Waals surface area contributed by atoms with Crippen molar-refractivity contribution in [1.29, 1.82) is 0 Å². The zero-order valence-corrected chi connectivity index (χ0v) is 12.6. The topological polar surface area (TPSA) is 85.0 Å². The molecule has 1 heterocycles. The quantitative estimate of drug-likeness (QED) is 0.809. The summed E-state index contributed by atoms with van der Waals surface area (Å²) in [5.41, 5.74) is 6.19. The van der Waals surface area contributed by atoms with Gasteiger partial charge in [-0.15, -0.1) is 0 Å². The van der Waals surface area contributed by atoms with E-state index in [1.807, 2.05) is 13.8 Å². The number of para-hydroxylation sites is 1. The van der Waals surface area contributed by atoms with Crippen LogP contribution in [0.3, 0.4) is 0 Å². The summed E-state index contributed by atoms with van der Waals surface area (Å²) in [7, 11) is 1.49. The number of hydrogen-bond donors (Lipinski definition) is 2. The van der Waals surface area contributed by atoms with Crippen molar-refractivity contribution in [1.82, 2.24) is 4.90 Å². The molecule has 0 saturated carbocycles. The lowest BCUT2D eigenvalue weighted by molar-refractivity contribution is -0.139. The van der Waals surface area contributed by atoms with Crippen LogP contribution >= 0.6 is 0 Å². The highest BCUT2D eigenvalue weighted by Crippen LogP contribution is 2.29. The molecule has 0 radical (unpaired) electrons. The first-order valence-corrected chi connectivity index (χ1v) is 6.88. The molecular weight excluding hydrogens is 272 g/mol. The van der Waals surface area contributed by atoms with Crippen LogP contribution in [0.4, 0.5) is 5.69 Å². The first-order chi connectivity index (χ1) is 9.88. The molecule has 6 heteroatoms. The van der Waals surface area contributed by atoms with Crippen LogP contribution in [-0.4, -0.2) is 54.4 Å². The van der Waals surface area contributed by atoms with Crippen molar-refractivity contribution in [2.45, 2.75) is 25.6 Å². The number of amides is 1. The van der Waals surface area contributed by atoms with Crippen molar-refractivity contribution in [3.8, 4) is 5.75 Å². The predicted octanol–water partition coefficient (Wildman–Crippen LogP) is 0.889. The molecule has 0 aliphatic carbocycles. The number of ether oxygens (including phenoxy) is 2. The van der Waals surface area contributed by atoms with Gasteiger partial charge in [0.1, 0.15) is 0 Å². The normalized spacial score (nSPS) is 21.1. The molecule has 1 saturated heterocycles. The number of anilines is 1. The van der Waals surface area contributed by atoms with E-state index in [4.69, 9.17) is 15.2 Å². The van der Waals surface area contributed by atoms with E-state index in [2.05, 4.69) is 0 Å². The second-order valence-corrected chi connectivity index (χ2v) is 5.80. The number of nitrogens with two attached hydrogens (primary N) is 1. The lowest BCUT2D eigenvalue weighted by Crippen LogP contribution is -2.55. The maximum Gasteiger partial charge on any atom is 0.257 e. The van der Waals surface area contributed by atoms with E-state index in [-0.39, 0.29) is 18.6 Å². The van der Waals surface area contributed by atoms with Gasteiger partial charge >= 0.3 is 0 Å². The summed E-state index contributed by atoms with van der Waals surface area (Å²) in [6.07, 6.45) is -0.384. The second kappa shape index (κ2) is 5.91. The van der Waals surface area contributed by atoms with Gasteiger partial charge in [-0.1, -0.05) is 6.07 Å². The largest absolute Gasteiger partial charge is 0.494 e. The number of methoxy groups -OCH3 is 1. The molecule has 1 aliphatic rings. The fourth-order valence-corrected chi connectivity index (χ4v) is 2.67. The molecule has 21 heavy (non-hydrogen) atoms. The SMILES string of the molecule is COc1c(N)cccc1C(=O)N1CC(CO)OC(C)(C)C1. The number of carbonyl (C=O) groups excluding carboxylic acids is 1. The Morgan fingerprint density at radius 1 is 1.57 bits per heavy atom. The van der Waals surface area contributed by atoms with Gasteiger partial charge in [0, 0.05) is 13.1 Å². The highest BCUT2D eigenvalue weighted by atomic mass is 16.5. The maximum absolute atomic E-state index is 12.7. The lowest BCUT2D eigenvalue weighted by Gasteiger charge is -2.42. The van der Waals surface area contributed by atoms with Crippen LogP contribution in [0, 0.1) is 0 Å². The average Bonchev–Trinajstić information content (AvgIpc) is 2.44. The molecule has 0 bridgehead atoms. The summed E-state index contributed by atoms with van der Waals surface area (Å²) in [6.45, 7) is 4.45. The van der Waals surface area contributed by atoms with Gasteiger partial charge in [-0.05, 0) is 26.0 Å². The van der Waals surface area contributed by atoms with Gasteiger partial charge in [0.2, 0.25) is 0 Å². The number of aliphatic hydroxyl groups excluding tert-OH is 1. The van der Waals surface area contributed by atoms with Gasteiger partial charge in [-0.3, -0.25) is 4.79 Å². The van der Waals surface area contributed by atoms with Crippen LogP contribution in [0.5, 0.6) is 5.75 Å². The molecule has 1 amide bonds. The summed E-state index contributed by atoms with van der Waals surface area (Å²) < 4.78 is 11.0. The molecule has 3 N–H and O–H groups in total. The fraction of sp³-hybridized carbons (Fsp3) is 0.533. The Kier molecular flexibility index (Phi) is 4.39. The van der Waals surface area contributed by atoms with Gasteiger partial charge in [-0.25, -0.2) is 0 Å². The monoisotopic (exact) mass is 294 g/mol. The molecule has 1 fully saturated rings. The Labute approximate surface area is 124 Å². The smallest absolute Gasteiger partial charge is 0.257 e. The number of hydrogen-bond acceptors (Lipinski definition) is 5. The van der Waals surface area contributed by atoms with Gasteiger partial charge in [0.15, 0.2) is 5.75 Å². The number of rotatable bonds is 3. The maximum atomic E-state index is 12.7. The van der Waals surface area contributed by atoms with Crippen LogP contribution in [0.25, 0.3) is 0 Å². The number of carbonyl (C=O) groups is 1. The number of morpholine rings is 1. The van der Waals surface area contributed by atoms with Gasteiger partial charge in [-0.2, -0.15) is 0 Å². The Morgan fingerprint density at radius 2 is 2.29 bits per heavy atom. The van der Waals surface area contributed by atoms with Gasteiger partial charge in [0.05, 0.1) is 36.7 Å². The van der Waals surface area contributed by atoms with Crippen molar-refractivity contribution in [3.05, 3.63) is 23.8 Å². The fourth-order valence-electron chi connectivity index (χ4n) is 2.67. The molecule has 1 aliphatic heterocycles. The number of nitrogen functional groups attached to an aromatic ring is 1. The summed E-state index contributed by atoms with van der Waals surface area (Å²) in [5.74, 6) is 0.210. The first kappa shape index (κ1) is 15.6. The van der Waals surface area contributed by atoms with E-state index in [9.17, 15) is 9.90 Å². The molecule has 0 spiro atoms.